The summed E-state index contributed by atoms with van der Waals surface area (Å²) in [6.07, 6.45) is 2.15. The molecule has 0 saturated heterocycles. The molecule has 1 aromatic rings. The van der Waals surface area contributed by atoms with Gasteiger partial charge >= 0.3 is 6.18 Å². The van der Waals surface area contributed by atoms with Crippen LogP contribution < -0.4 is 11.1 Å². The third-order valence-electron chi connectivity index (χ3n) is 5.24. The van der Waals surface area contributed by atoms with E-state index in [0.29, 0.717) is 6.42 Å². The van der Waals surface area contributed by atoms with Crippen molar-refractivity contribution >= 4 is 24.2 Å². The van der Waals surface area contributed by atoms with Crippen molar-refractivity contribution in [1.82, 2.24) is 5.32 Å². The quantitative estimate of drug-likeness (QED) is 0.213. The lowest BCUT2D eigenvalue weighted by Crippen LogP contribution is -2.49. The highest BCUT2D eigenvalue weighted by molar-refractivity contribution is 7.80. The lowest BCUT2D eigenvalue weighted by Gasteiger charge is -2.34. The van der Waals surface area contributed by atoms with Crippen LogP contribution in [0.15, 0.2) is 36.4 Å². The smallest absolute Gasteiger partial charge is 0.407 e. The fourth-order valence-electron chi connectivity index (χ4n) is 3.65. The van der Waals surface area contributed by atoms with Gasteiger partial charge in [0.05, 0.1) is 0 Å². The van der Waals surface area contributed by atoms with Gasteiger partial charge in [-0.15, -0.1) is 0 Å². The molecule has 30 heavy (non-hydrogen) atoms. The number of nitrogens with one attached hydrogen (secondary N) is 2. The van der Waals surface area contributed by atoms with Gasteiger partial charge < -0.3 is 15.8 Å². The number of alkyl halides is 3. The van der Waals surface area contributed by atoms with Crippen LogP contribution >= 0.6 is 12.6 Å². The number of ether oxygens (including phenoxy) is 1. The Labute approximate surface area is 181 Å². The summed E-state index contributed by atoms with van der Waals surface area (Å²) in [6, 6.07) is 3.76. The van der Waals surface area contributed by atoms with Crippen LogP contribution in [0.3, 0.4) is 0 Å². The molecule has 3 atom stereocenters. The molecule has 4 N–H and O–H groups in total. The molecule has 8 heteroatoms. The zero-order chi connectivity index (χ0) is 22.5. The van der Waals surface area contributed by atoms with Crippen LogP contribution in [0.5, 0.6) is 0 Å². The van der Waals surface area contributed by atoms with Gasteiger partial charge in [-0.3, -0.25) is 5.41 Å². The maximum Gasteiger partial charge on any atom is 0.407 e. The highest BCUT2D eigenvalue weighted by Gasteiger charge is 2.41. The van der Waals surface area contributed by atoms with E-state index in [1.807, 2.05) is 51.1 Å². The molecule has 1 aromatic carbocycles. The number of hydrogen-bond donors (Lipinski definition) is 4. The van der Waals surface area contributed by atoms with E-state index in [0.717, 1.165) is 23.1 Å². The lowest BCUT2D eigenvalue weighted by molar-refractivity contribution is -0.163. The number of allylic oxidation sites excluding steroid dienone is 1. The second-order valence-corrected chi connectivity index (χ2v) is 8.90. The number of nitrogens with two attached hydrogens (primary N) is 1. The van der Waals surface area contributed by atoms with Gasteiger partial charge in [0.15, 0.2) is 0 Å². The maximum atomic E-state index is 13.5. The van der Waals surface area contributed by atoms with Gasteiger partial charge in [0, 0.05) is 29.1 Å². The number of hydrogen-bond acceptors (Lipinski definition) is 5. The molecule has 1 aliphatic rings. The van der Waals surface area contributed by atoms with Crippen molar-refractivity contribution in [3.05, 3.63) is 53.1 Å². The van der Waals surface area contributed by atoms with Crippen LogP contribution in [0.4, 0.5) is 13.2 Å². The van der Waals surface area contributed by atoms with Crippen LogP contribution in [-0.4, -0.2) is 36.5 Å². The van der Waals surface area contributed by atoms with Crippen molar-refractivity contribution in [1.29, 1.82) is 5.41 Å². The van der Waals surface area contributed by atoms with Crippen LogP contribution in [0.1, 0.15) is 36.5 Å². The van der Waals surface area contributed by atoms with Crippen LogP contribution in [0.25, 0.3) is 5.70 Å². The summed E-state index contributed by atoms with van der Waals surface area (Å²) in [5.41, 5.74) is 8.54. The molecule has 0 radical (unpaired) electrons. The first-order chi connectivity index (χ1) is 13.9. The Morgan fingerprint density at radius 2 is 2.03 bits per heavy atom. The van der Waals surface area contributed by atoms with E-state index in [-0.39, 0.29) is 17.5 Å². The second kappa shape index (κ2) is 9.92. The standard InChI is InChI=1S/C22H30F3N3OS/c1-14-6-4-7-15(2)20(14)17(26)10-19(27)29-12-18(22(23,24)25)28-13-21(3)9-5-8-16(30)11-21/h4-7,9-10,16,18,27-28,30H,8,11-13,26H2,1-3H3. The number of halogens is 3. The Kier molecular flexibility index (Phi) is 8.05. The fraction of sp³-hybridized carbons (Fsp3) is 0.500. The number of rotatable bonds is 7. The van der Waals surface area contributed by atoms with Crippen molar-refractivity contribution in [3.63, 3.8) is 0 Å². The topological polar surface area (TPSA) is 71.1 Å². The van der Waals surface area contributed by atoms with Crippen LogP contribution in [0, 0.1) is 24.7 Å². The molecule has 0 saturated carbocycles. The van der Waals surface area contributed by atoms with Crippen LogP contribution in [0.2, 0.25) is 0 Å². The summed E-state index contributed by atoms with van der Waals surface area (Å²) >= 11 is 4.45. The van der Waals surface area contributed by atoms with Crippen molar-refractivity contribution < 1.29 is 17.9 Å². The monoisotopic (exact) mass is 441 g/mol. The second-order valence-electron chi connectivity index (χ2n) is 8.17. The predicted octanol–water partition coefficient (Wildman–Crippen LogP) is 4.77. The molecule has 4 nitrogen and oxygen atoms in total. The van der Waals surface area contributed by atoms with Crippen molar-refractivity contribution in [3.8, 4) is 0 Å². The minimum atomic E-state index is -4.50. The number of aryl methyl sites for hydroxylation is 2. The fourth-order valence-corrected chi connectivity index (χ4v) is 4.19. The Hall–Kier alpha value is -1.93. The first-order valence-corrected chi connectivity index (χ1v) is 10.3. The molecule has 1 aliphatic carbocycles. The largest absolute Gasteiger partial charge is 0.476 e. The summed E-state index contributed by atoms with van der Waals surface area (Å²) in [7, 11) is 0. The molecule has 3 unspecified atom stereocenters. The lowest BCUT2D eigenvalue weighted by atomic mass is 9.80. The van der Waals surface area contributed by atoms with Crippen molar-refractivity contribution in [2.24, 2.45) is 11.1 Å². The number of benzene rings is 1. The summed E-state index contributed by atoms with van der Waals surface area (Å²) in [5, 5.41) is 10.6. The van der Waals surface area contributed by atoms with Gasteiger partial charge in [-0.25, -0.2) is 0 Å². The minimum absolute atomic E-state index is 0.133. The van der Waals surface area contributed by atoms with Gasteiger partial charge in [0.1, 0.15) is 12.6 Å². The number of thiol groups is 1. The summed E-state index contributed by atoms with van der Waals surface area (Å²) in [5.74, 6) is -0.412. The summed E-state index contributed by atoms with van der Waals surface area (Å²) in [4.78, 5) is 0. The van der Waals surface area contributed by atoms with E-state index in [9.17, 15) is 13.2 Å². The molecule has 2 rings (SSSR count). The third kappa shape index (κ3) is 6.80. The zero-order valence-electron chi connectivity index (χ0n) is 17.5. The molecule has 0 amide bonds. The first kappa shape index (κ1) is 24.3. The molecular weight excluding hydrogens is 411 g/mol. The van der Waals surface area contributed by atoms with Gasteiger partial charge in [-0.05, 0) is 43.2 Å². The Balaban J connectivity index is 2.01. The molecule has 0 aromatic heterocycles. The van der Waals surface area contributed by atoms with Gasteiger partial charge in [0.2, 0.25) is 5.90 Å². The molecule has 0 spiro atoms. The highest BCUT2D eigenvalue weighted by Crippen LogP contribution is 2.33. The molecule has 0 aliphatic heterocycles. The van der Waals surface area contributed by atoms with Crippen LogP contribution in [-0.2, 0) is 4.74 Å². The van der Waals surface area contributed by atoms with Gasteiger partial charge in [-0.1, -0.05) is 37.3 Å². The normalized spacial score (nSPS) is 23.3. The SMILES string of the molecule is Cc1cccc(C)c1C(N)=CC(=N)OCC(NCC1(C)C=CCC(S)C1)C(F)(F)F. The van der Waals surface area contributed by atoms with Gasteiger partial charge in [0.25, 0.3) is 0 Å². The van der Waals surface area contributed by atoms with E-state index in [2.05, 4.69) is 17.9 Å². The molecule has 166 valence electrons. The van der Waals surface area contributed by atoms with Crippen molar-refractivity contribution in [2.75, 3.05) is 13.2 Å². The van der Waals surface area contributed by atoms with E-state index in [1.165, 1.54) is 6.08 Å². The summed E-state index contributed by atoms with van der Waals surface area (Å²) < 4.78 is 45.5. The van der Waals surface area contributed by atoms with E-state index < -0.39 is 30.1 Å². The molecule has 0 fully saturated rings. The summed E-state index contributed by atoms with van der Waals surface area (Å²) in [6.45, 7) is 5.10. The minimum Gasteiger partial charge on any atom is -0.476 e. The first-order valence-electron chi connectivity index (χ1n) is 9.82. The molecule has 0 heterocycles. The van der Waals surface area contributed by atoms with Gasteiger partial charge in [-0.2, -0.15) is 25.8 Å². The Morgan fingerprint density at radius 3 is 2.60 bits per heavy atom. The Morgan fingerprint density at radius 1 is 1.40 bits per heavy atom. The zero-order valence-corrected chi connectivity index (χ0v) is 18.4. The molecule has 0 bridgehead atoms. The molecular formula is C22H30F3N3OS. The van der Waals surface area contributed by atoms with E-state index in [1.54, 1.807) is 0 Å². The van der Waals surface area contributed by atoms with E-state index >= 15 is 0 Å². The highest BCUT2D eigenvalue weighted by atomic mass is 32.1. The van der Waals surface area contributed by atoms with E-state index in [4.69, 9.17) is 15.9 Å². The predicted molar refractivity (Wildman–Crippen MR) is 119 cm³/mol. The maximum absolute atomic E-state index is 13.5. The Bertz CT molecular complexity index is 802. The average Bonchev–Trinajstić information content (AvgIpc) is 2.60. The third-order valence-corrected chi connectivity index (χ3v) is 5.63. The average molecular weight is 442 g/mol. The van der Waals surface area contributed by atoms with Crippen molar-refractivity contribution in [2.45, 2.75) is 51.1 Å².